The van der Waals surface area contributed by atoms with Crippen LogP contribution in [-0.2, 0) is 0 Å². The van der Waals surface area contributed by atoms with Gasteiger partial charge in [0.1, 0.15) is 0 Å². The lowest BCUT2D eigenvalue weighted by atomic mass is 9.76. The van der Waals surface area contributed by atoms with E-state index < -0.39 is 5.97 Å². The minimum atomic E-state index is -1.14. The van der Waals surface area contributed by atoms with Crippen LogP contribution in [-0.4, -0.2) is 5.97 Å². The number of carboxylic acid groups (broad SMARTS) is 1. The first-order valence-corrected chi connectivity index (χ1v) is 8.47. The SMILES string of the molecule is Cc1c(C(=O)[O-])ccc2c1N[C@H](c1cccc(Cl)c1)[C@H]1CC=C[C@@H]21. The first-order valence-electron chi connectivity index (χ1n) is 8.10. The number of hydrogen-bond donors (Lipinski definition) is 1. The number of carboxylic acids is 1. The highest BCUT2D eigenvalue weighted by molar-refractivity contribution is 6.30. The van der Waals surface area contributed by atoms with Gasteiger partial charge in [-0.1, -0.05) is 48.0 Å². The van der Waals surface area contributed by atoms with Gasteiger partial charge in [0.2, 0.25) is 0 Å². The normalized spacial score (nSPS) is 24.2. The number of carbonyl (C=O) groups excluding carboxylic acids is 1. The summed E-state index contributed by atoms with van der Waals surface area (Å²) >= 11 is 6.18. The first-order chi connectivity index (χ1) is 11.6. The number of halogens is 1. The third-order valence-corrected chi connectivity index (χ3v) is 5.46. The maximum atomic E-state index is 11.4. The number of aromatic carboxylic acids is 1. The largest absolute Gasteiger partial charge is 0.545 e. The van der Waals surface area contributed by atoms with Gasteiger partial charge in [0, 0.05) is 22.2 Å². The summed E-state index contributed by atoms with van der Waals surface area (Å²) in [7, 11) is 0. The molecule has 0 saturated heterocycles. The molecule has 0 aromatic heterocycles. The van der Waals surface area contributed by atoms with Crippen molar-refractivity contribution in [3.05, 3.63) is 75.8 Å². The van der Waals surface area contributed by atoms with Gasteiger partial charge in [0.05, 0.1) is 12.0 Å². The van der Waals surface area contributed by atoms with Crippen LogP contribution in [0, 0.1) is 12.8 Å². The zero-order valence-electron chi connectivity index (χ0n) is 13.3. The summed E-state index contributed by atoms with van der Waals surface area (Å²) < 4.78 is 0. The molecule has 2 aromatic rings. The summed E-state index contributed by atoms with van der Waals surface area (Å²) in [6, 6.07) is 11.6. The van der Waals surface area contributed by atoms with E-state index in [-0.39, 0.29) is 11.6 Å². The van der Waals surface area contributed by atoms with Crippen LogP contribution in [0.4, 0.5) is 5.69 Å². The van der Waals surface area contributed by atoms with Crippen LogP contribution < -0.4 is 10.4 Å². The molecular weight excluding hydrogens is 322 g/mol. The highest BCUT2D eigenvalue weighted by Gasteiger charge is 2.38. The van der Waals surface area contributed by atoms with Crippen LogP contribution in [0.2, 0.25) is 5.02 Å². The molecule has 3 atom stereocenters. The van der Waals surface area contributed by atoms with Crippen LogP contribution in [0.3, 0.4) is 0 Å². The van der Waals surface area contributed by atoms with E-state index in [9.17, 15) is 9.90 Å². The van der Waals surface area contributed by atoms with E-state index in [0.717, 1.165) is 28.8 Å². The Morgan fingerprint density at radius 1 is 1.29 bits per heavy atom. The average molecular weight is 339 g/mol. The van der Waals surface area contributed by atoms with Crippen LogP contribution in [0.5, 0.6) is 0 Å². The average Bonchev–Trinajstić information content (AvgIpc) is 3.04. The van der Waals surface area contributed by atoms with E-state index in [4.69, 9.17) is 11.6 Å². The topological polar surface area (TPSA) is 52.2 Å². The summed E-state index contributed by atoms with van der Waals surface area (Å²) in [4.78, 5) is 11.4. The molecule has 0 unspecified atom stereocenters. The molecular formula is C20H17ClNO2-. The van der Waals surface area contributed by atoms with Crippen molar-refractivity contribution < 1.29 is 9.90 Å². The third-order valence-electron chi connectivity index (χ3n) is 5.22. The van der Waals surface area contributed by atoms with Crippen molar-refractivity contribution in [2.75, 3.05) is 5.32 Å². The second-order valence-electron chi connectivity index (χ2n) is 6.52. The van der Waals surface area contributed by atoms with E-state index in [2.05, 4.69) is 23.5 Å². The Morgan fingerprint density at radius 3 is 2.88 bits per heavy atom. The van der Waals surface area contributed by atoms with Crippen molar-refractivity contribution in [3.8, 4) is 0 Å². The maximum Gasteiger partial charge on any atom is 0.0718 e. The lowest BCUT2D eigenvalue weighted by molar-refractivity contribution is -0.255. The summed E-state index contributed by atoms with van der Waals surface area (Å²) in [5.41, 5.74) is 4.18. The van der Waals surface area contributed by atoms with Gasteiger partial charge in [-0.15, -0.1) is 0 Å². The molecule has 4 rings (SSSR count). The minimum Gasteiger partial charge on any atom is -0.545 e. The summed E-state index contributed by atoms with van der Waals surface area (Å²) in [5, 5.41) is 15.7. The summed E-state index contributed by atoms with van der Waals surface area (Å²) in [6.07, 6.45) is 5.45. The zero-order chi connectivity index (χ0) is 16.8. The number of nitrogens with one attached hydrogen (secondary N) is 1. The molecule has 1 heterocycles. The van der Waals surface area contributed by atoms with Gasteiger partial charge < -0.3 is 15.2 Å². The lowest BCUT2D eigenvalue weighted by Crippen LogP contribution is -2.31. The standard InChI is InChI=1S/C20H18ClNO2/c1-11-14(20(23)24)8-9-17-15-6-3-7-16(15)19(22-18(11)17)12-4-2-5-13(21)10-12/h2-6,8-10,15-16,19,22H,7H2,1H3,(H,23,24)/p-1/t15-,16+,19-/m1/s1. The predicted molar refractivity (Wildman–Crippen MR) is 93.3 cm³/mol. The number of hydrogen-bond acceptors (Lipinski definition) is 3. The Bertz CT molecular complexity index is 859. The smallest absolute Gasteiger partial charge is 0.0718 e. The molecule has 2 aliphatic rings. The monoisotopic (exact) mass is 338 g/mol. The second-order valence-corrected chi connectivity index (χ2v) is 6.96. The fourth-order valence-corrected chi connectivity index (χ4v) is 4.26. The highest BCUT2D eigenvalue weighted by atomic mass is 35.5. The molecule has 4 heteroatoms. The van der Waals surface area contributed by atoms with Crippen molar-refractivity contribution >= 4 is 23.3 Å². The predicted octanol–water partition coefficient (Wildman–Crippen LogP) is 3.84. The van der Waals surface area contributed by atoms with Gasteiger partial charge >= 0.3 is 0 Å². The number of allylic oxidation sites excluding steroid dienone is 2. The van der Waals surface area contributed by atoms with Crippen molar-refractivity contribution in [1.82, 2.24) is 0 Å². The third kappa shape index (κ3) is 2.31. The van der Waals surface area contributed by atoms with Crippen molar-refractivity contribution in [2.24, 2.45) is 5.92 Å². The molecule has 122 valence electrons. The lowest BCUT2D eigenvalue weighted by Gasteiger charge is -2.39. The number of fused-ring (bicyclic) bond motifs is 3. The molecule has 0 saturated carbocycles. The second kappa shape index (κ2) is 5.67. The van der Waals surface area contributed by atoms with Crippen LogP contribution in [0.25, 0.3) is 0 Å². The van der Waals surface area contributed by atoms with E-state index in [0.29, 0.717) is 16.9 Å². The summed E-state index contributed by atoms with van der Waals surface area (Å²) in [5.74, 6) is -0.440. The number of carbonyl (C=O) groups is 1. The molecule has 0 spiro atoms. The number of anilines is 1. The molecule has 0 radical (unpaired) electrons. The number of benzene rings is 2. The Balaban J connectivity index is 1.85. The highest BCUT2D eigenvalue weighted by Crippen LogP contribution is 2.51. The molecule has 1 aliphatic heterocycles. The Kier molecular flexibility index (Phi) is 3.61. The quantitative estimate of drug-likeness (QED) is 0.846. The van der Waals surface area contributed by atoms with Gasteiger partial charge in [-0.05, 0) is 48.1 Å². The zero-order valence-corrected chi connectivity index (χ0v) is 14.0. The summed E-state index contributed by atoms with van der Waals surface area (Å²) in [6.45, 7) is 1.84. The van der Waals surface area contributed by atoms with Crippen LogP contribution in [0.15, 0.2) is 48.6 Å². The van der Waals surface area contributed by atoms with E-state index in [1.807, 2.05) is 31.2 Å². The van der Waals surface area contributed by atoms with Crippen LogP contribution >= 0.6 is 11.6 Å². The van der Waals surface area contributed by atoms with Crippen molar-refractivity contribution in [3.63, 3.8) is 0 Å². The number of rotatable bonds is 2. The van der Waals surface area contributed by atoms with E-state index in [1.165, 1.54) is 0 Å². The molecule has 1 N–H and O–H groups in total. The first kappa shape index (κ1) is 15.3. The fourth-order valence-electron chi connectivity index (χ4n) is 4.07. The maximum absolute atomic E-state index is 11.4. The molecule has 0 fully saturated rings. The van der Waals surface area contributed by atoms with E-state index in [1.54, 1.807) is 6.07 Å². The Morgan fingerprint density at radius 2 is 2.12 bits per heavy atom. The van der Waals surface area contributed by atoms with E-state index >= 15 is 0 Å². The van der Waals surface area contributed by atoms with Crippen molar-refractivity contribution in [1.29, 1.82) is 0 Å². The van der Waals surface area contributed by atoms with Gasteiger partial charge in [-0.25, -0.2) is 0 Å². The Labute approximate surface area is 146 Å². The fraction of sp³-hybridized carbons (Fsp3) is 0.250. The van der Waals surface area contributed by atoms with Gasteiger partial charge in [0.15, 0.2) is 0 Å². The van der Waals surface area contributed by atoms with Crippen molar-refractivity contribution in [2.45, 2.75) is 25.3 Å². The molecule has 1 aliphatic carbocycles. The molecule has 0 amide bonds. The molecule has 3 nitrogen and oxygen atoms in total. The van der Waals surface area contributed by atoms with Gasteiger partial charge in [-0.2, -0.15) is 0 Å². The van der Waals surface area contributed by atoms with Crippen LogP contribution in [0.1, 0.15) is 45.4 Å². The van der Waals surface area contributed by atoms with Gasteiger partial charge in [-0.3, -0.25) is 0 Å². The Hall–Kier alpha value is -2.26. The minimum absolute atomic E-state index is 0.104. The molecule has 0 bridgehead atoms. The molecule has 24 heavy (non-hydrogen) atoms. The van der Waals surface area contributed by atoms with Gasteiger partial charge in [0.25, 0.3) is 0 Å². The molecule has 2 aromatic carbocycles.